The van der Waals surface area contributed by atoms with Crippen molar-refractivity contribution in [3.05, 3.63) is 76.1 Å². The quantitative estimate of drug-likeness (QED) is 0.608. The fourth-order valence-electron chi connectivity index (χ4n) is 3.48. The molecule has 2 N–H and O–H groups in total. The number of amides is 3. The SMILES string of the molecule is Cc1cc(NC(=O)c2ccco2)sc1C(=O)NCc1ccc(C(=O)N2CCCC2)cc1. The number of hydrogen-bond acceptors (Lipinski definition) is 5. The second-order valence-corrected chi connectivity index (χ2v) is 8.49. The molecule has 1 aliphatic heterocycles. The Balaban J connectivity index is 1.34. The number of anilines is 1. The first kappa shape index (κ1) is 20.9. The highest BCUT2D eigenvalue weighted by Crippen LogP contribution is 2.27. The van der Waals surface area contributed by atoms with Gasteiger partial charge in [0.15, 0.2) is 5.76 Å². The lowest BCUT2D eigenvalue weighted by molar-refractivity contribution is 0.0792. The van der Waals surface area contributed by atoms with Crippen molar-refractivity contribution in [3.63, 3.8) is 0 Å². The molecule has 8 heteroatoms. The summed E-state index contributed by atoms with van der Waals surface area (Å²) in [7, 11) is 0. The molecule has 0 saturated carbocycles. The highest BCUT2D eigenvalue weighted by Gasteiger charge is 2.19. The molecule has 0 bridgehead atoms. The van der Waals surface area contributed by atoms with Gasteiger partial charge >= 0.3 is 0 Å². The van der Waals surface area contributed by atoms with Crippen molar-refractivity contribution in [2.45, 2.75) is 26.3 Å². The molecule has 0 unspecified atom stereocenters. The normalized spacial score (nSPS) is 13.3. The van der Waals surface area contributed by atoms with Gasteiger partial charge in [-0.3, -0.25) is 14.4 Å². The lowest BCUT2D eigenvalue weighted by atomic mass is 10.1. The van der Waals surface area contributed by atoms with Gasteiger partial charge in [-0.1, -0.05) is 12.1 Å². The van der Waals surface area contributed by atoms with E-state index >= 15 is 0 Å². The molecule has 2 aromatic heterocycles. The number of carbonyl (C=O) groups is 3. The Morgan fingerprint density at radius 2 is 1.81 bits per heavy atom. The Labute approximate surface area is 184 Å². The van der Waals surface area contributed by atoms with Gasteiger partial charge in [0.25, 0.3) is 17.7 Å². The van der Waals surface area contributed by atoms with Gasteiger partial charge in [0.1, 0.15) is 0 Å². The molecule has 1 fully saturated rings. The highest BCUT2D eigenvalue weighted by atomic mass is 32.1. The van der Waals surface area contributed by atoms with Crippen molar-refractivity contribution in [2.75, 3.05) is 18.4 Å². The molecular weight excluding hydrogens is 414 g/mol. The number of nitrogens with one attached hydrogen (secondary N) is 2. The summed E-state index contributed by atoms with van der Waals surface area (Å²) in [6, 6.07) is 12.3. The molecular formula is C23H23N3O4S. The van der Waals surface area contributed by atoms with Crippen molar-refractivity contribution in [1.82, 2.24) is 10.2 Å². The summed E-state index contributed by atoms with van der Waals surface area (Å²) in [6.07, 6.45) is 3.56. The highest BCUT2D eigenvalue weighted by molar-refractivity contribution is 7.18. The molecule has 1 aliphatic rings. The summed E-state index contributed by atoms with van der Waals surface area (Å²) in [5.41, 5.74) is 2.36. The van der Waals surface area contributed by atoms with Gasteiger partial charge in [-0.25, -0.2) is 0 Å². The zero-order valence-electron chi connectivity index (χ0n) is 17.1. The lowest BCUT2D eigenvalue weighted by Gasteiger charge is -2.15. The number of aryl methyl sites for hydroxylation is 1. The molecule has 0 aliphatic carbocycles. The molecule has 0 radical (unpaired) electrons. The van der Waals surface area contributed by atoms with Gasteiger partial charge in [-0.15, -0.1) is 11.3 Å². The molecule has 0 atom stereocenters. The predicted molar refractivity (Wildman–Crippen MR) is 118 cm³/mol. The zero-order valence-corrected chi connectivity index (χ0v) is 18.0. The first-order valence-electron chi connectivity index (χ1n) is 10.1. The monoisotopic (exact) mass is 437 g/mol. The lowest BCUT2D eigenvalue weighted by Crippen LogP contribution is -2.27. The molecule has 3 amide bonds. The van der Waals surface area contributed by atoms with Crippen molar-refractivity contribution in [2.24, 2.45) is 0 Å². The minimum atomic E-state index is -0.359. The third-order valence-electron chi connectivity index (χ3n) is 5.15. The molecule has 3 heterocycles. The van der Waals surface area contributed by atoms with Crippen LogP contribution in [0.1, 0.15) is 54.6 Å². The number of carbonyl (C=O) groups excluding carboxylic acids is 3. The first-order valence-corrected chi connectivity index (χ1v) is 10.9. The van der Waals surface area contributed by atoms with Crippen LogP contribution in [0, 0.1) is 6.92 Å². The van der Waals surface area contributed by atoms with E-state index in [0.29, 0.717) is 22.0 Å². The molecule has 1 saturated heterocycles. The summed E-state index contributed by atoms with van der Waals surface area (Å²) in [4.78, 5) is 39.6. The standard InChI is InChI=1S/C23H23N3O4S/c1-15-13-19(25-21(27)18-5-4-12-30-18)31-20(15)22(28)24-14-16-6-8-17(9-7-16)23(29)26-10-2-3-11-26/h4-9,12-13H,2-3,10-11,14H2,1H3,(H,24,28)(H,25,27). The van der Waals surface area contributed by atoms with Crippen LogP contribution in [0.2, 0.25) is 0 Å². The third kappa shape index (κ3) is 4.86. The van der Waals surface area contributed by atoms with Crippen molar-refractivity contribution in [3.8, 4) is 0 Å². The van der Waals surface area contributed by atoms with Crippen LogP contribution in [0.25, 0.3) is 0 Å². The predicted octanol–water partition coefficient (Wildman–Crippen LogP) is 4.07. The van der Waals surface area contributed by atoms with Crippen LogP contribution >= 0.6 is 11.3 Å². The van der Waals surface area contributed by atoms with E-state index in [1.807, 2.05) is 24.0 Å². The minimum absolute atomic E-state index is 0.0615. The number of furan rings is 1. The van der Waals surface area contributed by atoms with E-state index in [4.69, 9.17) is 4.42 Å². The van der Waals surface area contributed by atoms with Crippen LogP contribution in [0.4, 0.5) is 5.00 Å². The molecule has 7 nitrogen and oxygen atoms in total. The van der Waals surface area contributed by atoms with Gasteiger partial charge in [0.05, 0.1) is 16.1 Å². The zero-order chi connectivity index (χ0) is 21.8. The van der Waals surface area contributed by atoms with E-state index < -0.39 is 0 Å². The smallest absolute Gasteiger partial charge is 0.291 e. The van der Waals surface area contributed by atoms with E-state index in [1.165, 1.54) is 17.6 Å². The van der Waals surface area contributed by atoms with Crippen LogP contribution in [0.5, 0.6) is 0 Å². The third-order valence-corrected chi connectivity index (χ3v) is 6.30. The fraction of sp³-hybridized carbons (Fsp3) is 0.261. The maximum absolute atomic E-state index is 12.6. The molecule has 4 rings (SSSR count). The maximum Gasteiger partial charge on any atom is 0.291 e. The Kier molecular flexibility index (Phi) is 6.18. The number of nitrogens with zero attached hydrogens (tertiary/aromatic N) is 1. The van der Waals surface area contributed by atoms with Crippen LogP contribution < -0.4 is 10.6 Å². The molecule has 0 spiro atoms. The van der Waals surface area contributed by atoms with Crippen LogP contribution in [-0.2, 0) is 6.54 Å². The minimum Gasteiger partial charge on any atom is -0.459 e. The van der Waals surface area contributed by atoms with Gasteiger partial charge in [0, 0.05) is 25.2 Å². The van der Waals surface area contributed by atoms with Crippen LogP contribution in [0.3, 0.4) is 0 Å². The van der Waals surface area contributed by atoms with E-state index in [-0.39, 0.29) is 23.5 Å². The summed E-state index contributed by atoms with van der Waals surface area (Å²) in [6.45, 7) is 3.82. The summed E-state index contributed by atoms with van der Waals surface area (Å²) in [5, 5.41) is 6.22. The van der Waals surface area contributed by atoms with Crippen molar-refractivity contribution < 1.29 is 18.8 Å². The molecule has 160 valence electrons. The first-order chi connectivity index (χ1) is 15.0. The Bertz CT molecular complexity index is 1080. The summed E-state index contributed by atoms with van der Waals surface area (Å²) in [5.74, 6) is -0.296. The fourth-order valence-corrected chi connectivity index (χ4v) is 4.47. The van der Waals surface area contributed by atoms with Gasteiger partial charge in [-0.05, 0) is 61.2 Å². The van der Waals surface area contributed by atoms with E-state index in [9.17, 15) is 14.4 Å². The van der Waals surface area contributed by atoms with Crippen molar-refractivity contribution in [1.29, 1.82) is 0 Å². The Morgan fingerprint density at radius 1 is 1.06 bits per heavy atom. The summed E-state index contributed by atoms with van der Waals surface area (Å²) >= 11 is 1.21. The number of likely N-dealkylation sites (tertiary alicyclic amines) is 1. The Hall–Kier alpha value is -3.39. The Morgan fingerprint density at radius 3 is 2.48 bits per heavy atom. The second kappa shape index (κ2) is 9.18. The number of rotatable bonds is 6. The van der Waals surface area contributed by atoms with Crippen molar-refractivity contribution >= 4 is 34.1 Å². The van der Waals surface area contributed by atoms with Gasteiger partial charge < -0.3 is 20.0 Å². The molecule has 3 aromatic rings. The average Bonchev–Trinajstić information content (AvgIpc) is 3.54. The second-order valence-electron chi connectivity index (χ2n) is 7.43. The van der Waals surface area contributed by atoms with Crippen LogP contribution in [0.15, 0.2) is 53.1 Å². The van der Waals surface area contributed by atoms with E-state index in [1.54, 1.807) is 30.3 Å². The largest absolute Gasteiger partial charge is 0.459 e. The average molecular weight is 438 g/mol. The maximum atomic E-state index is 12.6. The number of benzene rings is 1. The molecule has 31 heavy (non-hydrogen) atoms. The summed E-state index contributed by atoms with van der Waals surface area (Å²) < 4.78 is 5.08. The van der Waals surface area contributed by atoms with Gasteiger partial charge in [0.2, 0.25) is 0 Å². The van der Waals surface area contributed by atoms with Gasteiger partial charge in [-0.2, -0.15) is 0 Å². The van der Waals surface area contributed by atoms with E-state index in [2.05, 4.69) is 10.6 Å². The topological polar surface area (TPSA) is 91.6 Å². The number of thiophene rings is 1. The number of hydrogen-bond donors (Lipinski definition) is 2. The van der Waals surface area contributed by atoms with E-state index in [0.717, 1.165) is 37.1 Å². The van der Waals surface area contributed by atoms with Crippen LogP contribution in [-0.4, -0.2) is 35.7 Å². The molecule has 1 aromatic carbocycles.